The maximum absolute atomic E-state index is 12.1. The molecule has 0 spiro atoms. The van der Waals surface area contributed by atoms with Gasteiger partial charge in [-0.1, -0.05) is 12.1 Å². The highest BCUT2D eigenvalue weighted by atomic mass is 32.2. The van der Waals surface area contributed by atoms with Crippen LogP contribution in [0.15, 0.2) is 30.6 Å². The molecule has 0 bridgehead atoms. The molecule has 1 unspecified atom stereocenters. The fourth-order valence-corrected chi connectivity index (χ4v) is 4.36. The van der Waals surface area contributed by atoms with Crippen LogP contribution in [0.3, 0.4) is 0 Å². The number of carbonyl (C=O) groups is 1. The number of thiophene rings is 1. The third kappa shape index (κ3) is 3.91. The van der Waals surface area contributed by atoms with Gasteiger partial charge in [0.2, 0.25) is 0 Å². The van der Waals surface area contributed by atoms with Crippen molar-refractivity contribution in [3.63, 3.8) is 0 Å². The first-order valence-electron chi connectivity index (χ1n) is 8.06. The Kier molecular flexibility index (Phi) is 5.63. The van der Waals surface area contributed by atoms with E-state index in [0.29, 0.717) is 23.1 Å². The van der Waals surface area contributed by atoms with E-state index in [4.69, 9.17) is 4.74 Å². The number of aromatic nitrogens is 2. The average molecular weight is 390 g/mol. The average Bonchev–Trinajstić information content (AvgIpc) is 2.93. The lowest BCUT2D eigenvalue weighted by atomic mass is 10.2. The Morgan fingerprint density at radius 1 is 1.35 bits per heavy atom. The molecule has 1 aromatic carbocycles. The zero-order valence-electron chi connectivity index (χ0n) is 14.7. The van der Waals surface area contributed by atoms with Gasteiger partial charge in [-0.25, -0.2) is 14.8 Å². The number of esters is 1. The van der Waals surface area contributed by atoms with Crippen LogP contribution < -0.4 is 5.32 Å². The SMILES string of the molecule is CCOC(=O)c1sc2ncnc(Nc3cccc(CS(C)=O)c3)c2c1C. The van der Waals surface area contributed by atoms with Crippen molar-refractivity contribution in [1.82, 2.24) is 9.97 Å². The summed E-state index contributed by atoms with van der Waals surface area (Å²) in [7, 11) is -0.904. The van der Waals surface area contributed by atoms with Crippen LogP contribution in [0.25, 0.3) is 10.2 Å². The molecular formula is C18H19N3O3S2. The molecule has 0 radical (unpaired) electrons. The Bertz CT molecular complexity index is 985. The Morgan fingerprint density at radius 2 is 2.15 bits per heavy atom. The summed E-state index contributed by atoms with van der Waals surface area (Å²) in [5.74, 6) is 0.791. The summed E-state index contributed by atoms with van der Waals surface area (Å²) in [5.41, 5.74) is 2.63. The van der Waals surface area contributed by atoms with Crippen LogP contribution in [0.5, 0.6) is 0 Å². The zero-order chi connectivity index (χ0) is 18.7. The molecule has 3 aromatic rings. The number of benzene rings is 1. The predicted octanol–water partition coefficient (Wildman–Crippen LogP) is 3.80. The highest BCUT2D eigenvalue weighted by Crippen LogP contribution is 2.34. The van der Waals surface area contributed by atoms with Crippen LogP contribution in [0.4, 0.5) is 11.5 Å². The first-order valence-corrected chi connectivity index (χ1v) is 10.6. The van der Waals surface area contributed by atoms with E-state index in [2.05, 4.69) is 15.3 Å². The molecule has 1 N–H and O–H groups in total. The Balaban J connectivity index is 1.98. The number of rotatable bonds is 6. The third-order valence-electron chi connectivity index (χ3n) is 3.75. The number of aryl methyl sites for hydroxylation is 1. The van der Waals surface area contributed by atoms with Gasteiger partial charge >= 0.3 is 5.97 Å². The summed E-state index contributed by atoms with van der Waals surface area (Å²) in [6.45, 7) is 3.98. The number of nitrogens with zero attached hydrogens (tertiary/aromatic N) is 2. The summed E-state index contributed by atoms with van der Waals surface area (Å²) >= 11 is 1.30. The van der Waals surface area contributed by atoms with Crippen molar-refractivity contribution in [2.24, 2.45) is 0 Å². The molecule has 0 aliphatic rings. The van der Waals surface area contributed by atoms with Crippen LogP contribution in [0.1, 0.15) is 27.7 Å². The molecule has 0 amide bonds. The molecule has 0 saturated heterocycles. The van der Waals surface area contributed by atoms with Crippen molar-refractivity contribution in [2.45, 2.75) is 19.6 Å². The minimum absolute atomic E-state index is 0.328. The van der Waals surface area contributed by atoms with Crippen molar-refractivity contribution in [3.8, 4) is 0 Å². The molecule has 8 heteroatoms. The van der Waals surface area contributed by atoms with Gasteiger partial charge in [-0.3, -0.25) is 4.21 Å². The first-order chi connectivity index (χ1) is 12.5. The van der Waals surface area contributed by atoms with Gasteiger partial charge in [0.25, 0.3) is 0 Å². The Hall–Kier alpha value is -2.32. The van der Waals surface area contributed by atoms with Crippen molar-refractivity contribution in [2.75, 3.05) is 18.2 Å². The van der Waals surface area contributed by atoms with Gasteiger partial charge in [-0.2, -0.15) is 0 Å². The summed E-state index contributed by atoms with van der Waals surface area (Å²) < 4.78 is 16.6. The number of ether oxygens (including phenoxy) is 1. The van der Waals surface area contributed by atoms with E-state index in [9.17, 15) is 9.00 Å². The first kappa shape index (κ1) is 18.5. The standard InChI is InChI=1S/C18H19N3O3S2/c1-4-24-18(22)15-11(2)14-16(19-10-20-17(14)25-15)21-13-7-5-6-12(8-13)9-26(3)23/h5-8,10H,4,9H2,1-3H3,(H,19,20,21). The second kappa shape index (κ2) is 7.92. The molecule has 0 aliphatic heterocycles. The predicted molar refractivity (Wildman–Crippen MR) is 106 cm³/mol. The fraction of sp³-hybridized carbons (Fsp3) is 0.278. The fourth-order valence-electron chi connectivity index (χ4n) is 2.67. The molecular weight excluding hydrogens is 370 g/mol. The summed E-state index contributed by atoms with van der Waals surface area (Å²) in [6, 6.07) is 7.72. The highest BCUT2D eigenvalue weighted by Gasteiger charge is 2.20. The third-order valence-corrected chi connectivity index (χ3v) is 5.67. The monoisotopic (exact) mass is 389 g/mol. The van der Waals surface area contributed by atoms with E-state index < -0.39 is 10.8 Å². The molecule has 2 heterocycles. The number of hydrogen-bond donors (Lipinski definition) is 1. The zero-order valence-corrected chi connectivity index (χ0v) is 16.4. The lowest BCUT2D eigenvalue weighted by Crippen LogP contribution is -2.03. The minimum atomic E-state index is -0.904. The minimum Gasteiger partial charge on any atom is -0.462 e. The van der Waals surface area contributed by atoms with Crippen LogP contribution in [-0.4, -0.2) is 33.0 Å². The van der Waals surface area contributed by atoms with E-state index in [0.717, 1.165) is 27.0 Å². The second-order valence-corrected chi connectivity index (χ2v) is 8.16. The quantitative estimate of drug-likeness (QED) is 0.646. The van der Waals surface area contributed by atoms with E-state index in [1.165, 1.54) is 17.7 Å². The molecule has 0 saturated carbocycles. The van der Waals surface area contributed by atoms with Crippen molar-refractivity contribution in [3.05, 3.63) is 46.6 Å². The summed E-state index contributed by atoms with van der Waals surface area (Å²) in [6.07, 6.45) is 3.15. The van der Waals surface area contributed by atoms with Gasteiger partial charge in [-0.15, -0.1) is 11.3 Å². The Morgan fingerprint density at radius 3 is 2.88 bits per heavy atom. The van der Waals surface area contributed by atoms with Crippen molar-refractivity contribution in [1.29, 1.82) is 0 Å². The number of hydrogen-bond acceptors (Lipinski definition) is 7. The van der Waals surface area contributed by atoms with Gasteiger partial charge in [0.05, 0.1) is 12.0 Å². The largest absolute Gasteiger partial charge is 0.462 e. The molecule has 2 aromatic heterocycles. The maximum Gasteiger partial charge on any atom is 0.348 e. The van der Waals surface area contributed by atoms with Gasteiger partial charge in [-0.05, 0) is 37.1 Å². The molecule has 3 rings (SSSR count). The lowest BCUT2D eigenvalue weighted by molar-refractivity contribution is 0.0531. The number of fused-ring (bicyclic) bond motifs is 1. The highest BCUT2D eigenvalue weighted by molar-refractivity contribution is 7.83. The van der Waals surface area contributed by atoms with Crippen LogP contribution in [0, 0.1) is 6.92 Å². The van der Waals surface area contributed by atoms with Crippen LogP contribution in [-0.2, 0) is 21.3 Å². The smallest absolute Gasteiger partial charge is 0.348 e. The van der Waals surface area contributed by atoms with E-state index in [1.807, 2.05) is 31.2 Å². The van der Waals surface area contributed by atoms with Gasteiger partial charge in [0.1, 0.15) is 21.9 Å². The maximum atomic E-state index is 12.1. The van der Waals surface area contributed by atoms with E-state index in [1.54, 1.807) is 13.2 Å². The second-order valence-electron chi connectivity index (χ2n) is 5.72. The topological polar surface area (TPSA) is 81.2 Å². The molecule has 0 aliphatic carbocycles. The summed E-state index contributed by atoms with van der Waals surface area (Å²) in [4.78, 5) is 22.0. The molecule has 1 atom stereocenters. The van der Waals surface area contributed by atoms with Crippen LogP contribution >= 0.6 is 11.3 Å². The van der Waals surface area contributed by atoms with Crippen molar-refractivity contribution >= 4 is 49.8 Å². The lowest BCUT2D eigenvalue weighted by Gasteiger charge is -2.09. The molecule has 136 valence electrons. The molecule has 0 fully saturated rings. The number of nitrogens with one attached hydrogen (secondary N) is 1. The normalized spacial score (nSPS) is 12.1. The van der Waals surface area contributed by atoms with Crippen LogP contribution in [0.2, 0.25) is 0 Å². The van der Waals surface area contributed by atoms with E-state index >= 15 is 0 Å². The molecule has 6 nitrogen and oxygen atoms in total. The number of anilines is 2. The number of carbonyl (C=O) groups excluding carboxylic acids is 1. The van der Waals surface area contributed by atoms with Gasteiger partial charge in [0, 0.05) is 28.5 Å². The summed E-state index contributed by atoms with van der Waals surface area (Å²) in [5, 5.41) is 4.10. The molecule has 26 heavy (non-hydrogen) atoms. The Labute approximate surface area is 158 Å². The van der Waals surface area contributed by atoms with Crippen molar-refractivity contribution < 1.29 is 13.7 Å². The van der Waals surface area contributed by atoms with E-state index in [-0.39, 0.29) is 5.97 Å². The van der Waals surface area contributed by atoms with Gasteiger partial charge in [0.15, 0.2) is 0 Å². The van der Waals surface area contributed by atoms with Gasteiger partial charge < -0.3 is 10.1 Å².